The van der Waals surface area contributed by atoms with Gasteiger partial charge in [0, 0.05) is 11.4 Å². The number of aryl methyl sites for hydroxylation is 1. The van der Waals surface area contributed by atoms with Gasteiger partial charge in [0.1, 0.15) is 11.9 Å². The van der Waals surface area contributed by atoms with E-state index in [0.29, 0.717) is 5.75 Å². The Bertz CT molecular complexity index is 758. The van der Waals surface area contributed by atoms with Crippen molar-refractivity contribution in [3.05, 3.63) is 45.1 Å². The minimum absolute atomic E-state index is 0.0217. The van der Waals surface area contributed by atoms with Gasteiger partial charge in [0.15, 0.2) is 0 Å². The summed E-state index contributed by atoms with van der Waals surface area (Å²) >= 11 is 7.32. The molecule has 0 fully saturated rings. The molecule has 2 rings (SSSR count). The summed E-state index contributed by atoms with van der Waals surface area (Å²) in [6.07, 6.45) is -0.886. The van der Waals surface area contributed by atoms with Crippen molar-refractivity contribution < 1.29 is 18.3 Å². The van der Waals surface area contributed by atoms with Gasteiger partial charge in [-0.15, -0.1) is 11.3 Å². The van der Waals surface area contributed by atoms with E-state index in [2.05, 4.69) is 4.72 Å². The first-order valence-corrected chi connectivity index (χ1v) is 9.14. The maximum absolute atomic E-state index is 12.2. The lowest BCUT2D eigenvalue weighted by atomic mass is 10.2. The first kappa shape index (κ1) is 17.2. The Morgan fingerprint density at radius 1 is 1.41 bits per heavy atom. The number of aliphatic hydroxyl groups excluding tert-OH is 1. The third kappa shape index (κ3) is 3.80. The fourth-order valence-corrected chi connectivity index (χ4v) is 4.20. The second kappa shape index (κ2) is 6.97. The molecule has 1 atom stereocenters. The van der Waals surface area contributed by atoms with Crippen LogP contribution >= 0.6 is 22.9 Å². The maximum atomic E-state index is 12.2. The summed E-state index contributed by atoms with van der Waals surface area (Å²) in [6, 6.07) is 6.07. The van der Waals surface area contributed by atoms with Crippen LogP contribution in [0.25, 0.3) is 0 Å². The predicted octanol–water partition coefficient (Wildman–Crippen LogP) is 2.73. The lowest BCUT2D eigenvalue weighted by molar-refractivity contribution is 0.185. The van der Waals surface area contributed by atoms with Crippen molar-refractivity contribution in [2.45, 2.75) is 17.9 Å². The minimum atomic E-state index is -3.75. The van der Waals surface area contributed by atoms with Gasteiger partial charge in [0.05, 0.1) is 17.0 Å². The third-order valence-corrected chi connectivity index (χ3v) is 5.94. The van der Waals surface area contributed by atoms with Crippen molar-refractivity contribution in [1.82, 2.24) is 4.72 Å². The average molecular weight is 362 g/mol. The quantitative estimate of drug-likeness (QED) is 0.829. The van der Waals surface area contributed by atoms with Gasteiger partial charge in [-0.25, -0.2) is 13.1 Å². The van der Waals surface area contributed by atoms with Crippen LogP contribution in [0.5, 0.6) is 5.75 Å². The van der Waals surface area contributed by atoms with E-state index in [0.717, 1.165) is 10.4 Å². The Balaban J connectivity index is 2.11. The zero-order chi connectivity index (χ0) is 16.3. The number of nitrogens with one attached hydrogen (secondary N) is 1. The zero-order valence-corrected chi connectivity index (χ0v) is 14.4. The highest BCUT2D eigenvalue weighted by Gasteiger charge is 2.19. The van der Waals surface area contributed by atoms with E-state index in [4.69, 9.17) is 16.3 Å². The van der Waals surface area contributed by atoms with Gasteiger partial charge in [-0.1, -0.05) is 11.6 Å². The monoisotopic (exact) mass is 361 g/mol. The normalized spacial score (nSPS) is 13.1. The lowest BCUT2D eigenvalue weighted by Crippen LogP contribution is -2.28. The Morgan fingerprint density at radius 3 is 2.68 bits per heavy atom. The fourth-order valence-electron chi connectivity index (χ4n) is 1.90. The molecule has 0 aliphatic heterocycles. The molecule has 0 radical (unpaired) electrons. The smallest absolute Gasteiger partial charge is 0.240 e. The summed E-state index contributed by atoms with van der Waals surface area (Å²) in [6.45, 7) is 1.76. The zero-order valence-electron chi connectivity index (χ0n) is 12.0. The van der Waals surface area contributed by atoms with E-state index in [1.165, 1.54) is 36.6 Å². The first-order chi connectivity index (χ1) is 10.3. The summed E-state index contributed by atoms with van der Waals surface area (Å²) in [5.41, 5.74) is 0.934. The molecule has 22 heavy (non-hydrogen) atoms. The molecule has 0 unspecified atom stereocenters. The number of thiophene rings is 1. The summed E-state index contributed by atoms with van der Waals surface area (Å²) in [5, 5.41) is 12.1. The third-order valence-electron chi connectivity index (χ3n) is 3.10. The molecule has 120 valence electrons. The summed E-state index contributed by atoms with van der Waals surface area (Å²) in [7, 11) is -2.30. The molecule has 5 nitrogen and oxygen atoms in total. The number of halogens is 1. The van der Waals surface area contributed by atoms with E-state index < -0.39 is 16.1 Å². The highest BCUT2D eigenvalue weighted by molar-refractivity contribution is 7.89. The van der Waals surface area contributed by atoms with Gasteiger partial charge in [0.2, 0.25) is 10.0 Å². The number of sulfonamides is 1. The molecule has 0 saturated heterocycles. The van der Waals surface area contributed by atoms with Crippen molar-refractivity contribution in [3.8, 4) is 5.75 Å². The van der Waals surface area contributed by atoms with Crippen LogP contribution in [0.2, 0.25) is 5.02 Å². The average Bonchev–Trinajstić information content (AvgIpc) is 2.91. The van der Waals surface area contributed by atoms with E-state index in [-0.39, 0.29) is 16.5 Å². The van der Waals surface area contributed by atoms with Crippen LogP contribution in [-0.4, -0.2) is 27.2 Å². The fraction of sp³-hybridized carbons (Fsp3) is 0.286. The number of methoxy groups -OCH3 is 1. The van der Waals surface area contributed by atoms with Crippen LogP contribution < -0.4 is 9.46 Å². The number of hydrogen-bond donors (Lipinski definition) is 2. The van der Waals surface area contributed by atoms with Gasteiger partial charge in [0.25, 0.3) is 0 Å². The Labute approximate surface area is 138 Å². The van der Waals surface area contributed by atoms with E-state index in [1.54, 1.807) is 0 Å². The van der Waals surface area contributed by atoms with E-state index in [1.807, 2.05) is 18.4 Å². The van der Waals surface area contributed by atoms with Gasteiger partial charge in [-0.2, -0.15) is 0 Å². The lowest BCUT2D eigenvalue weighted by Gasteiger charge is -2.13. The molecule has 0 saturated carbocycles. The molecule has 2 aromatic rings. The number of benzene rings is 1. The molecule has 0 aliphatic carbocycles. The molecule has 0 bridgehead atoms. The van der Waals surface area contributed by atoms with E-state index >= 15 is 0 Å². The van der Waals surface area contributed by atoms with Crippen molar-refractivity contribution in [1.29, 1.82) is 0 Å². The predicted molar refractivity (Wildman–Crippen MR) is 87.2 cm³/mol. The van der Waals surface area contributed by atoms with Crippen LogP contribution in [0.1, 0.15) is 16.5 Å². The highest BCUT2D eigenvalue weighted by Crippen LogP contribution is 2.27. The molecule has 1 aromatic carbocycles. The van der Waals surface area contributed by atoms with Crippen LogP contribution in [0.3, 0.4) is 0 Å². The summed E-state index contributed by atoms with van der Waals surface area (Å²) in [4.78, 5) is 0.767. The van der Waals surface area contributed by atoms with Crippen LogP contribution in [-0.2, 0) is 10.0 Å². The molecule has 0 aliphatic rings. The molecular weight excluding hydrogens is 346 g/mol. The number of aliphatic hydroxyl groups is 1. The second-order valence-electron chi connectivity index (χ2n) is 4.63. The van der Waals surface area contributed by atoms with Crippen LogP contribution in [0.4, 0.5) is 0 Å². The Hall–Kier alpha value is -1.12. The molecule has 1 aromatic heterocycles. The first-order valence-electron chi connectivity index (χ1n) is 6.40. The molecule has 0 amide bonds. The standard InChI is InChI=1S/C14H16ClNO4S2/c1-9-5-6-21-14(9)12(17)8-16-22(18,19)10-3-4-13(20-2)11(15)7-10/h3-7,12,16-17H,8H2,1-2H3/t12-/m1/s1. The second-order valence-corrected chi connectivity index (χ2v) is 7.75. The molecule has 0 spiro atoms. The van der Waals surface area contributed by atoms with Gasteiger partial charge < -0.3 is 9.84 Å². The van der Waals surface area contributed by atoms with Gasteiger partial charge >= 0.3 is 0 Å². The number of ether oxygens (including phenoxy) is 1. The highest BCUT2D eigenvalue weighted by atomic mass is 35.5. The van der Waals surface area contributed by atoms with Crippen LogP contribution in [0, 0.1) is 6.92 Å². The van der Waals surface area contributed by atoms with E-state index in [9.17, 15) is 13.5 Å². The minimum Gasteiger partial charge on any atom is -0.495 e. The number of hydrogen-bond acceptors (Lipinski definition) is 5. The maximum Gasteiger partial charge on any atom is 0.240 e. The summed E-state index contributed by atoms with van der Waals surface area (Å²) < 4.78 is 31.8. The van der Waals surface area contributed by atoms with Crippen molar-refractivity contribution in [3.63, 3.8) is 0 Å². The largest absolute Gasteiger partial charge is 0.495 e. The topological polar surface area (TPSA) is 75.6 Å². The molecular formula is C14H16ClNO4S2. The van der Waals surface area contributed by atoms with Crippen molar-refractivity contribution in [2.75, 3.05) is 13.7 Å². The SMILES string of the molecule is COc1ccc(S(=O)(=O)NC[C@@H](O)c2sccc2C)cc1Cl. The van der Waals surface area contributed by atoms with Crippen molar-refractivity contribution in [2.24, 2.45) is 0 Å². The van der Waals surface area contributed by atoms with Gasteiger partial charge in [-0.05, 0) is 42.1 Å². The molecule has 1 heterocycles. The van der Waals surface area contributed by atoms with Gasteiger partial charge in [-0.3, -0.25) is 0 Å². The number of rotatable bonds is 6. The summed E-state index contributed by atoms with van der Waals surface area (Å²) in [5.74, 6) is 0.398. The van der Waals surface area contributed by atoms with Crippen molar-refractivity contribution >= 4 is 33.0 Å². The Kier molecular flexibility index (Phi) is 5.46. The molecule has 8 heteroatoms. The van der Waals surface area contributed by atoms with Crippen LogP contribution in [0.15, 0.2) is 34.5 Å². The molecule has 2 N–H and O–H groups in total. The Morgan fingerprint density at radius 2 is 2.14 bits per heavy atom.